The fraction of sp³-hybridized carbons (Fsp3) is 0.143. The zero-order valence-corrected chi connectivity index (χ0v) is 8.69. The molecule has 0 radical (unpaired) electrons. The number of aromatic amines is 1. The molecular weight excluding hydrogens is 248 g/mol. The number of pyridine rings is 1. The molecule has 2 aromatic heterocycles. The monoisotopic (exact) mass is 254 g/mol. The number of rotatable bonds is 3. The van der Waals surface area contributed by atoms with E-state index < -0.39 is 0 Å². The van der Waals surface area contributed by atoms with Gasteiger partial charge in [0, 0.05) is 23.4 Å². The first-order valence-electron chi connectivity index (χ1n) is 3.91. The van der Waals surface area contributed by atoms with Crippen LogP contribution >= 0.6 is 15.9 Å². The maximum Gasteiger partial charge on any atom is 0.263 e. The Kier molecular flexibility index (Phi) is 2.68. The largest absolute Gasteiger partial charge is 0.347 e. The molecule has 0 spiro atoms. The molecule has 0 bridgehead atoms. The molecule has 0 unspecified atom stereocenters. The molecule has 0 fully saturated rings. The summed E-state index contributed by atoms with van der Waals surface area (Å²) in [5.74, 6) is 0.477. The molecule has 2 heterocycles. The van der Waals surface area contributed by atoms with Crippen LogP contribution in [0.1, 0.15) is 5.56 Å². The Morgan fingerprint density at radius 2 is 2.36 bits per heavy atom. The summed E-state index contributed by atoms with van der Waals surface area (Å²) in [6.07, 6.45) is 3.51. The van der Waals surface area contributed by atoms with Crippen LogP contribution in [0.15, 0.2) is 22.9 Å². The van der Waals surface area contributed by atoms with E-state index in [2.05, 4.69) is 46.9 Å². The van der Waals surface area contributed by atoms with Crippen molar-refractivity contribution in [2.24, 2.45) is 0 Å². The average Bonchev–Trinajstić information content (AvgIpc) is 2.67. The normalized spacial score (nSPS) is 10.1. The van der Waals surface area contributed by atoms with Crippen LogP contribution in [0.2, 0.25) is 0 Å². The van der Waals surface area contributed by atoms with Crippen molar-refractivity contribution in [3.05, 3.63) is 28.5 Å². The Morgan fingerprint density at radius 1 is 1.43 bits per heavy atom. The van der Waals surface area contributed by atoms with Crippen molar-refractivity contribution in [3.8, 4) is 0 Å². The molecule has 2 rings (SSSR count). The lowest BCUT2D eigenvalue weighted by molar-refractivity contribution is 0.881. The minimum Gasteiger partial charge on any atom is -0.347 e. The van der Waals surface area contributed by atoms with E-state index in [-0.39, 0.29) is 0 Å². The molecule has 0 saturated carbocycles. The molecule has 72 valence electrons. The molecule has 7 heteroatoms. The number of H-pyrrole nitrogens is 1. The van der Waals surface area contributed by atoms with Gasteiger partial charge in [-0.1, -0.05) is 5.10 Å². The fourth-order valence-corrected chi connectivity index (χ4v) is 1.38. The summed E-state index contributed by atoms with van der Waals surface area (Å²) in [4.78, 5) is 4.03. The van der Waals surface area contributed by atoms with Crippen LogP contribution in [-0.4, -0.2) is 25.6 Å². The smallest absolute Gasteiger partial charge is 0.263 e. The van der Waals surface area contributed by atoms with Gasteiger partial charge in [-0.05, 0) is 32.8 Å². The molecular formula is C7H7BrN6. The van der Waals surface area contributed by atoms with Crippen LogP contribution < -0.4 is 5.32 Å². The highest BCUT2D eigenvalue weighted by Gasteiger charge is 1.97. The highest BCUT2D eigenvalue weighted by Crippen LogP contribution is 2.10. The predicted octanol–water partition coefficient (Wildman–Crippen LogP) is 0.969. The van der Waals surface area contributed by atoms with Gasteiger partial charge in [0.2, 0.25) is 0 Å². The standard InChI is InChI=1S/C7H7BrN6/c8-6-1-5(2-9-4-6)3-10-7-11-13-14-12-7/h1-2,4H,3H2,(H2,10,11,12,13,14). The Balaban J connectivity index is 1.98. The number of halogens is 1. The zero-order valence-electron chi connectivity index (χ0n) is 7.11. The first-order valence-corrected chi connectivity index (χ1v) is 4.70. The van der Waals surface area contributed by atoms with Gasteiger partial charge in [0.25, 0.3) is 5.95 Å². The van der Waals surface area contributed by atoms with Crippen molar-refractivity contribution in [2.75, 3.05) is 5.32 Å². The second-order valence-electron chi connectivity index (χ2n) is 2.60. The molecule has 0 amide bonds. The molecule has 2 aromatic rings. The van der Waals surface area contributed by atoms with E-state index in [1.54, 1.807) is 12.4 Å². The summed E-state index contributed by atoms with van der Waals surface area (Å²) >= 11 is 3.34. The number of tetrazole rings is 1. The van der Waals surface area contributed by atoms with Crippen molar-refractivity contribution in [1.82, 2.24) is 25.6 Å². The third-order valence-corrected chi connectivity index (χ3v) is 1.99. The maximum atomic E-state index is 4.03. The molecule has 0 saturated heterocycles. The molecule has 0 aliphatic heterocycles. The minimum atomic E-state index is 0.477. The van der Waals surface area contributed by atoms with Crippen LogP contribution in [0.4, 0.5) is 5.95 Å². The first-order chi connectivity index (χ1) is 6.84. The van der Waals surface area contributed by atoms with E-state index in [0.717, 1.165) is 10.0 Å². The molecule has 0 aromatic carbocycles. The second-order valence-corrected chi connectivity index (χ2v) is 3.52. The minimum absolute atomic E-state index is 0.477. The fourth-order valence-electron chi connectivity index (χ4n) is 0.970. The molecule has 14 heavy (non-hydrogen) atoms. The van der Waals surface area contributed by atoms with E-state index in [9.17, 15) is 0 Å². The summed E-state index contributed by atoms with van der Waals surface area (Å²) in [5, 5.41) is 16.3. The van der Waals surface area contributed by atoms with E-state index >= 15 is 0 Å². The SMILES string of the molecule is Brc1cncc(CNc2nn[nH]n2)c1. The van der Waals surface area contributed by atoms with Crippen molar-refractivity contribution in [2.45, 2.75) is 6.54 Å². The van der Waals surface area contributed by atoms with Gasteiger partial charge in [0.1, 0.15) is 0 Å². The number of aromatic nitrogens is 5. The Hall–Kier alpha value is -1.50. The van der Waals surface area contributed by atoms with Gasteiger partial charge in [-0.15, -0.1) is 5.10 Å². The molecule has 6 nitrogen and oxygen atoms in total. The highest BCUT2D eigenvalue weighted by molar-refractivity contribution is 9.10. The van der Waals surface area contributed by atoms with Gasteiger partial charge in [-0.3, -0.25) is 4.98 Å². The van der Waals surface area contributed by atoms with Crippen LogP contribution in [0.3, 0.4) is 0 Å². The Bertz CT molecular complexity index is 400. The van der Waals surface area contributed by atoms with Crippen LogP contribution in [-0.2, 0) is 6.54 Å². The van der Waals surface area contributed by atoms with Crippen molar-refractivity contribution >= 4 is 21.9 Å². The van der Waals surface area contributed by atoms with Crippen molar-refractivity contribution in [1.29, 1.82) is 0 Å². The second kappa shape index (κ2) is 4.14. The van der Waals surface area contributed by atoms with Gasteiger partial charge in [0.05, 0.1) is 0 Å². The van der Waals surface area contributed by atoms with Crippen LogP contribution in [0.5, 0.6) is 0 Å². The number of nitrogens with one attached hydrogen (secondary N) is 2. The lowest BCUT2D eigenvalue weighted by atomic mass is 10.3. The number of anilines is 1. The maximum absolute atomic E-state index is 4.03. The summed E-state index contributed by atoms with van der Waals surface area (Å²) in [6.45, 7) is 0.617. The quantitative estimate of drug-likeness (QED) is 0.854. The highest BCUT2D eigenvalue weighted by atomic mass is 79.9. The summed E-state index contributed by atoms with van der Waals surface area (Å²) in [5.41, 5.74) is 1.05. The zero-order chi connectivity index (χ0) is 9.80. The van der Waals surface area contributed by atoms with Crippen molar-refractivity contribution < 1.29 is 0 Å². The predicted molar refractivity (Wildman–Crippen MR) is 53.4 cm³/mol. The molecule has 0 aliphatic carbocycles. The van der Waals surface area contributed by atoms with Crippen LogP contribution in [0, 0.1) is 0 Å². The third kappa shape index (κ3) is 2.25. The van der Waals surface area contributed by atoms with Gasteiger partial charge in [-0.2, -0.15) is 5.21 Å². The summed E-state index contributed by atoms with van der Waals surface area (Å²) in [7, 11) is 0. The van der Waals surface area contributed by atoms with E-state index in [1.807, 2.05) is 6.07 Å². The molecule has 0 aliphatic rings. The first kappa shape index (κ1) is 9.07. The molecule has 0 atom stereocenters. The third-order valence-electron chi connectivity index (χ3n) is 1.56. The lowest BCUT2D eigenvalue weighted by Crippen LogP contribution is -2.01. The number of nitrogens with zero attached hydrogens (tertiary/aromatic N) is 4. The van der Waals surface area contributed by atoms with Gasteiger partial charge in [0.15, 0.2) is 0 Å². The van der Waals surface area contributed by atoms with E-state index in [0.29, 0.717) is 12.5 Å². The molecule has 2 N–H and O–H groups in total. The number of hydrogen-bond donors (Lipinski definition) is 2. The summed E-state index contributed by atoms with van der Waals surface area (Å²) < 4.78 is 0.949. The van der Waals surface area contributed by atoms with Gasteiger partial charge >= 0.3 is 0 Å². The lowest BCUT2D eigenvalue weighted by Gasteiger charge is -2.00. The Morgan fingerprint density at radius 3 is 3.07 bits per heavy atom. The van der Waals surface area contributed by atoms with E-state index in [1.165, 1.54) is 0 Å². The topological polar surface area (TPSA) is 79.4 Å². The Labute approximate surface area is 88.3 Å². The van der Waals surface area contributed by atoms with E-state index in [4.69, 9.17) is 0 Å². The van der Waals surface area contributed by atoms with Gasteiger partial charge in [-0.25, -0.2) is 0 Å². The number of hydrogen-bond acceptors (Lipinski definition) is 5. The van der Waals surface area contributed by atoms with Gasteiger partial charge < -0.3 is 5.32 Å². The average molecular weight is 255 g/mol. The van der Waals surface area contributed by atoms with Crippen molar-refractivity contribution in [3.63, 3.8) is 0 Å². The van der Waals surface area contributed by atoms with Crippen LogP contribution in [0.25, 0.3) is 0 Å². The summed E-state index contributed by atoms with van der Waals surface area (Å²) in [6, 6.07) is 1.97.